The number of amides is 1. The summed E-state index contributed by atoms with van der Waals surface area (Å²) >= 11 is 0. The lowest BCUT2D eigenvalue weighted by Gasteiger charge is -2.20. The fourth-order valence-corrected chi connectivity index (χ4v) is 5.62. The van der Waals surface area contributed by atoms with Crippen LogP contribution in [0.2, 0.25) is 0 Å². The summed E-state index contributed by atoms with van der Waals surface area (Å²) in [5.41, 5.74) is 7.07. The topological polar surface area (TPSA) is 92.5 Å². The summed E-state index contributed by atoms with van der Waals surface area (Å²) in [6, 6.07) is 8.41. The second-order valence-electron chi connectivity index (χ2n) is 6.83. The lowest BCUT2D eigenvalue weighted by Crippen LogP contribution is -2.39. The molecule has 0 bridgehead atoms. The monoisotopic (exact) mass is 359 g/mol. The van der Waals surface area contributed by atoms with Crippen molar-refractivity contribution in [3.63, 3.8) is 0 Å². The van der Waals surface area contributed by atoms with Gasteiger partial charge in [-0.15, -0.1) is 0 Å². The van der Waals surface area contributed by atoms with Crippen molar-refractivity contribution in [3.05, 3.63) is 35.9 Å². The number of hydrogen-bond donors (Lipinski definition) is 2. The highest BCUT2D eigenvalue weighted by atomic mass is 32.2. The number of rotatable bonds is 4. The third-order valence-electron chi connectivity index (χ3n) is 5.43. The molecule has 0 spiro atoms. The molecular weight excluding hydrogens is 338 g/mol. The Morgan fingerprint density at radius 2 is 2.04 bits per heavy atom. The minimum absolute atomic E-state index is 0.109. The van der Waals surface area contributed by atoms with Crippen LogP contribution < -0.4 is 15.4 Å². The number of hydrogen-bond acceptors (Lipinski definition) is 4. The standard InChI is InChI=1S/C18H21N3O3S/c1-21-15-8-9-16(12-5-3-6-13(17(12)15)18(21)22)25(23,24)20-14-7-2-4-11(14)10-19/h3,5-6,8-9,11,14,20H,2,4,7,10,19H2,1H3. The van der Waals surface area contributed by atoms with Crippen molar-refractivity contribution < 1.29 is 13.2 Å². The molecule has 6 nitrogen and oxygen atoms in total. The Kier molecular flexibility index (Phi) is 3.82. The zero-order valence-corrected chi connectivity index (χ0v) is 14.8. The van der Waals surface area contributed by atoms with E-state index in [1.165, 1.54) is 0 Å². The first-order chi connectivity index (χ1) is 11.9. The molecule has 0 aromatic heterocycles. The molecule has 132 valence electrons. The van der Waals surface area contributed by atoms with E-state index in [2.05, 4.69) is 4.72 Å². The third kappa shape index (κ3) is 2.46. The van der Waals surface area contributed by atoms with Crippen molar-refractivity contribution in [2.24, 2.45) is 11.7 Å². The Bertz CT molecular complexity index is 971. The summed E-state index contributed by atoms with van der Waals surface area (Å²) < 4.78 is 28.9. The molecule has 1 amide bonds. The van der Waals surface area contributed by atoms with Crippen LogP contribution in [0.1, 0.15) is 29.6 Å². The smallest absolute Gasteiger partial charge is 0.258 e. The molecule has 1 saturated carbocycles. The van der Waals surface area contributed by atoms with Gasteiger partial charge in [0.1, 0.15) is 0 Å². The van der Waals surface area contributed by atoms with Crippen LogP contribution in [-0.2, 0) is 10.0 Å². The van der Waals surface area contributed by atoms with Gasteiger partial charge in [0.2, 0.25) is 10.0 Å². The average Bonchev–Trinajstić information content (AvgIpc) is 3.14. The predicted molar refractivity (Wildman–Crippen MR) is 97.2 cm³/mol. The van der Waals surface area contributed by atoms with Crippen molar-refractivity contribution >= 4 is 32.4 Å². The van der Waals surface area contributed by atoms with Gasteiger partial charge in [0.05, 0.1) is 10.6 Å². The summed E-state index contributed by atoms with van der Waals surface area (Å²) in [5, 5.41) is 1.29. The molecule has 25 heavy (non-hydrogen) atoms. The second-order valence-corrected chi connectivity index (χ2v) is 8.51. The molecule has 2 aromatic carbocycles. The fourth-order valence-electron chi connectivity index (χ4n) is 4.08. The number of sulfonamides is 1. The van der Waals surface area contributed by atoms with E-state index >= 15 is 0 Å². The Labute approximate surface area is 147 Å². The maximum absolute atomic E-state index is 13.0. The summed E-state index contributed by atoms with van der Waals surface area (Å²) in [5.74, 6) is 0.0707. The van der Waals surface area contributed by atoms with E-state index in [0.29, 0.717) is 22.9 Å². The van der Waals surface area contributed by atoms with Crippen molar-refractivity contribution in [2.75, 3.05) is 18.5 Å². The number of anilines is 1. The zero-order valence-electron chi connectivity index (χ0n) is 14.0. The molecule has 2 unspecified atom stereocenters. The van der Waals surface area contributed by atoms with Crippen molar-refractivity contribution in [3.8, 4) is 0 Å². The number of nitrogens with two attached hydrogens (primary N) is 1. The second kappa shape index (κ2) is 5.79. The number of carbonyl (C=O) groups excluding carboxylic acids is 1. The van der Waals surface area contributed by atoms with Crippen LogP contribution in [0.25, 0.3) is 10.8 Å². The van der Waals surface area contributed by atoms with E-state index in [1.807, 2.05) is 0 Å². The van der Waals surface area contributed by atoms with Gasteiger partial charge in [-0.3, -0.25) is 4.79 Å². The van der Waals surface area contributed by atoms with Crippen LogP contribution in [-0.4, -0.2) is 34.0 Å². The zero-order chi connectivity index (χ0) is 17.8. The third-order valence-corrected chi connectivity index (χ3v) is 6.98. The Morgan fingerprint density at radius 1 is 1.24 bits per heavy atom. The molecule has 2 aliphatic rings. The van der Waals surface area contributed by atoms with Gasteiger partial charge in [-0.2, -0.15) is 0 Å². The predicted octanol–water partition coefficient (Wildman–Crippen LogP) is 1.84. The summed E-state index contributed by atoms with van der Waals surface area (Å²) in [7, 11) is -1.99. The van der Waals surface area contributed by atoms with Gasteiger partial charge >= 0.3 is 0 Å². The minimum atomic E-state index is -3.69. The summed E-state index contributed by atoms with van der Waals surface area (Å²) in [6.45, 7) is 0.482. The number of carbonyl (C=O) groups is 1. The average molecular weight is 359 g/mol. The van der Waals surface area contributed by atoms with Gasteiger partial charge in [0.25, 0.3) is 5.91 Å². The van der Waals surface area contributed by atoms with Crippen LogP contribution in [0, 0.1) is 5.92 Å². The van der Waals surface area contributed by atoms with Crippen molar-refractivity contribution in [1.82, 2.24) is 4.72 Å². The van der Waals surface area contributed by atoms with Crippen LogP contribution in [0.3, 0.4) is 0 Å². The van der Waals surface area contributed by atoms with Gasteiger partial charge in [0.15, 0.2) is 0 Å². The molecule has 1 aliphatic carbocycles. The van der Waals surface area contributed by atoms with Crippen molar-refractivity contribution in [2.45, 2.75) is 30.2 Å². The Balaban J connectivity index is 1.82. The number of nitrogens with zero attached hydrogens (tertiary/aromatic N) is 1. The van der Waals surface area contributed by atoms with E-state index in [1.54, 1.807) is 42.3 Å². The lowest BCUT2D eigenvalue weighted by atomic mass is 10.1. The van der Waals surface area contributed by atoms with Gasteiger partial charge < -0.3 is 10.6 Å². The first-order valence-electron chi connectivity index (χ1n) is 8.50. The lowest BCUT2D eigenvalue weighted by molar-refractivity contribution is 0.0999. The number of benzene rings is 2. The normalized spacial score (nSPS) is 23.0. The van der Waals surface area contributed by atoms with Crippen LogP contribution in [0.4, 0.5) is 5.69 Å². The van der Waals surface area contributed by atoms with E-state index in [9.17, 15) is 13.2 Å². The van der Waals surface area contributed by atoms with Gasteiger partial charge in [-0.25, -0.2) is 13.1 Å². The summed E-state index contributed by atoms with van der Waals surface area (Å²) in [6.07, 6.45) is 2.74. The van der Waals surface area contributed by atoms with Gasteiger partial charge in [-0.05, 0) is 43.5 Å². The maximum Gasteiger partial charge on any atom is 0.258 e. The molecular formula is C18H21N3O3S. The Hall–Kier alpha value is -1.96. The molecule has 0 radical (unpaired) electrons. The molecule has 1 heterocycles. The maximum atomic E-state index is 13.0. The van der Waals surface area contributed by atoms with Crippen LogP contribution >= 0.6 is 0 Å². The molecule has 3 N–H and O–H groups in total. The molecule has 1 fully saturated rings. The van der Waals surface area contributed by atoms with Crippen molar-refractivity contribution in [1.29, 1.82) is 0 Å². The molecule has 1 aliphatic heterocycles. The van der Waals surface area contributed by atoms with Crippen LogP contribution in [0.15, 0.2) is 35.2 Å². The molecule has 7 heteroatoms. The largest absolute Gasteiger partial charge is 0.330 e. The number of nitrogens with one attached hydrogen (secondary N) is 1. The highest BCUT2D eigenvalue weighted by molar-refractivity contribution is 7.89. The van der Waals surface area contributed by atoms with E-state index in [0.717, 1.165) is 24.9 Å². The first kappa shape index (κ1) is 16.5. The molecule has 4 rings (SSSR count). The fraction of sp³-hybridized carbons (Fsp3) is 0.389. The molecule has 2 atom stereocenters. The minimum Gasteiger partial charge on any atom is -0.330 e. The highest BCUT2D eigenvalue weighted by Crippen LogP contribution is 2.39. The Morgan fingerprint density at radius 3 is 2.80 bits per heavy atom. The highest BCUT2D eigenvalue weighted by Gasteiger charge is 2.33. The van der Waals surface area contributed by atoms with E-state index < -0.39 is 10.0 Å². The van der Waals surface area contributed by atoms with Crippen LogP contribution in [0.5, 0.6) is 0 Å². The summed E-state index contributed by atoms with van der Waals surface area (Å²) in [4.78, 5) is 14.1. The van der Waals surface area contributed by atoms with E-state index in [-0.39, 0.29) is 22.8 Å². The first-order valence-corrected chi connectivity index (χ1v) is 9.98. The quantitative estimate of drug-likeness (QED) is 0.871. The SMILES string of the molecule is CN1C(=O)c2cccc3c(S(=O)(=O)NC4CCCC4CN)ccc1c23. The molecule has 0 saturated heterocycles. The van der Waals surface area contributed by atoms with Gasteiger partial charge in [0, 0.05) is 29.4 Å². The van der Waals surface area contributed by atoms with Gasteiger partial charge in [-0.1, -0.05) is 18.6 Å². The molecule has 2 aromatic rings. The van der Waals surface area contributed by atoms with E-state index in [4.69, 9.17) is 5.73 Å².